The van der Waals surface area contributed by atoms with E-state index in [1.807, 2.05) is 0 Å². The smallest absolute Gasteiger partial charge is 0.750 e. The van der Waals surface area contributed by atoms with Crippen molar-refractivity contribution in [3.8, 4) is 0 Å². The van der Waals surface area contributed by atoms with E-state index in [0.717, 1.165) is 0 Å². The Bertz CT molecular complexity index is 53.8. The molecule has 0 spiro atoms. The van der Waals surface area contributed by atoms with Crippen molar-refractivity contribution >= 4 is 11.4 Å². The third-order valence-electron chi connectivity index (χ3n) is 0.500. The average molecular weight is 178 g/mol. The SMILES string of the molecule is CCCC.O=S([O-])O.[K+]. The molecule has 1 unspecified atom stereocenters. The van der Waals surface area contributed by atoms with Crippen molar-refractivity contribution in [3.63, 3.8) is 0 Å². The normalized spacial score (nSPS) is 10.2. The summed E-state index contributed by atoms with van der Waals surface area (Å²) < 4.78 is 24.1. The summed E-state index contributed by atoms with van der Waals surface area (Å²) in [4.78, 5) is 0. The summed E-state index contributed by atoms with van der Waals surface area (Å²) in [6.45, 7) is 4.36. The topological polar surface area (TPSA) is 60.4 Å². The summed E-state index contributed by atoms with van der Waals surface area (Å²) in [6.07, 6.45) is 2.64. The number of hydrogen-bond donors (Lipinski definition) is 1. The van der Waals surface area contributed by atoms with Crippen LogP contribution in [0.15, 0.2) is 0 Å². The molecule has 1 atom stereocenters. The summed E-state index contributed by atoms with van der Waals surface area (Å²) in [7, 11) is 0. The van der Waals surface area contributed by atoms with Crippen molar-refractivity contribution in [3.05, 3.63) is 0 Å². The molecule has 0 aromatic carbocycles. The first-order valence-corrected chi connectivity index (χ1v) is 3.46. The number of unbranched alkanes of at least 4 members (excludes halogenated alkanes) is 1. The predicted octanol–water partition coefficient (Wildman–Crippen LogP) is -1.85. The van der Waals surface area contributed by atoms with Gasteiger partial charge < -0.3 is 9.11 Å². The van der Waals surface area contributed by atoms with E-state index in [1.54, 1.807) is 0 Å². The molecule has 0 bridgehead atoms. The Kier molecular flexibility index (Phi) is 30.9. The van der Waals surface area contributed by atoms with Gasteiger partial charge in [0.1, 0.15) is 0 Å². The summed E-state index contributed by atoms with van der Waals surface area (Å²) in [6, 6.07) is 0. The maximum Gasteiger partial charge on any atom is 1.00 e. The van der Waals surface area contributed by atoms with E-state index in [-0.39, 0.29) is 51.4 Å². The Morgan fingerprint density at radius 3 is 1.56 bits per heavy atom. The zero-order valence-corrected chi connectivity index (χ0v) is 10.0. The van der Waals surface area contributed by atoms with E-state index >= 15 is 0 Å². The number of hydrogen-bond acceptors (Lipinski definition) is 2. The Hall–Kier alpha value is 1.71. The molecule has 1 N–H and O–H groups in total. The average Bonchev–Trinajstić information content (AvgIpc) is 1.65. The van der Waals surface area contributed by atoms with Crippen molar-refractivity contribution in [2.75, 3.05) is 0 Å². The first kappa shape index (κ1) is 17.0. The van der Waals surface area contributed by atoms with Crippen LogP contribution in [0.25, 0.3) is 0 Å². The van der Waals surface area contributed by atoms with Gasteiger partial charge in [0.25, 0.3) is 0 Å². The van der Waals surface area contributed by atoms with E-state index in [2.05, 4.69) is 13.8 Å². The minimum atomic E-state index is -2.86. The molecule has 9 heavy (non-hydrogen) atoms. The molecule has 0 fully saturated rings. The van der Waals surface area contributed by atoms with Gasteiger partial charge in [0.15, 0.2) is 0 Å². The predicted molar refractivity (Wildman–Crippen MR) is 32.1 cm³/mol. The van der Waals surface area contributed by atoms with Crippen LogP contribution in [0.2, 0.25) is 0 Å². The monoisotopic (exact) mass is 178 g/mol. The third kappa shape index (κ3) is 78.7. The van der Waals surface area contributed by atoms with Crippen molar-refractivity contribution in [2.45, 2.75) is 26.7 Å². The molecule has 5 heteroatoms. The van der Waals surface area contributed by atoms with Gasteiger partial charge in [-0.25, -0.2) is 4.21 Å². The molecule has 0 aromatic rings. The largest absolute Gasteiger partial charge is 1.00 e. The Morgan fingerprint density at radius 2 is 1.56 bits per heavy atom. The molecule has 0 rings (SSSR count). The van der Waals surface area contributed by atoms with Gasteiger partial charge in [-0.15, -0.1) is 0 Å². The zero-order chi connectivity index (χ0) is 6.99. The second-order valence-electron chi connectivity index (χ2n) is 1.22. The molecule has 0 radical (unpaired) electrons. The van der Waals surface area contributed by atoms with Crippen LogP contribution < -0.4 is 51.4 Å². The summed E-state index contributed by atoms with van der Waals surface area (Å²) in [5, 5.41) is 0. The molecule has 0 saturated heterocycles. The molecule has 3 nitrogen and oxygen atoms in total. The van der Waals surface area contributed by atoms with Crippen LogP contribution in [-0.4, -0.2) is 13.3 Å². The van der Waals surface area contributed by atoms with E-state index in [4.69, 9.17) is 13.3 Å². The van der Waals surface area contributed by atoms with Gasteiger partial charge in [0, 0.05) is 0 Å². The molecule has 0 heterocycles. The summed E-state index contributed by atoms with van der Waals surface area (Å²) >= 11 is -2.86. The first-order chi connectivity index (χ1) is 3.65. The maximum atomic E-state index is 8.56. The standard InChI is InChI=1S/C4H10.K.H2O3S/c1-3-4-2;;1-4(2)3/h3-4H2,1-2H3;;(H2,1,2,3)/q;+1;/p-1. The van der Waals surface area contributed by atoms with Crippen LogP contribution in [0.1, 0.15) is 26.7 Å². The fourth-order valence-corrected chi connectivity index (χ4v) is 0. The van der Waals surface area contributed by atoms with Gasteiger partial charge in [-0.2, -0.15) is 0 Å². The van der Waals surface area contributed by atoms with Crippen molar-refractivity contribution in [1.82, 2.24) is 0 Å². The first-order valence-electron chi connectivity index (χ1n) is 2.43. The van der Waals surface area contributed by atoms with Gasteiger partial charge in [-0.3, -0.25) is 0 Å². The van der Waals surface area contributed by atoms with Gasteiger partial charge in [-0.1, -0.05) is 26.7 Å². The van der Waals surface area contributed by atoms with Crippen LogP contribution >= 0.6 is 0 Å². The molecular formula is C4H11KO3S. The van der Waals surface area contributed by atoms with E-state index in [9.17, 15) is 0 Å². The quantitative estimate of drug-likeness (QED) is 0.379. The molecule has 0 aliphatic carbocycles. The van der Waals surface area contributed by atoms with E-state index < -0.39 is 11.4 Å². The summed E-state index contributed by atoms with van der Waals surface area (Å²) in [5.41, 5.74) is 0. The molecule has 0 saturated carbocycles. The molecule has 0 aliphatic rings. The van der Waals surface area contributed by atoms with Crippen LogP contribution in [0, 0.1) is 0 Å². The third-order valence-corrected chi connectivity index (χ3v) is 0.500. The molecule has 0 amide bonds. The van der Waals surface area contributed by atoms with Gasteiger partial charge in [0.05, 0.1) is 11.4 Å². The second kappa shape index (κ2) is 16.4. The van der Waals surface area contributed by atoms with E-state index in [1.165, 1.54) is 12.8 Å². The fourth-order valence-electron chi connectivity index (χ4n) is 0. The minimum Gasteiger partial charge on any atom is -0.750 e. The van der Waals surface area contributed by atoms with Crippen molar-refractivity contribution < 1.29 is 64.7 Å². The van der Waals surface area contributed by atoms with Crippen LogP contribution in [0.5, 0.6) is 0 Å². The fraction of sp³-hybridized carbons (Fsp3) is 1.00. The Balaban J connectivity index is -0.0000000720. The van der Waals surface area contributed by atoms with Gasteiger partial charge in [0.2, 0.25) is 0 Å². The van der Waals surface area contributed by atoms with Crippen LogP contribution in [-0.2, 0) is 11.4 Å². The molecule has 0 aromatic heterocycles. The van der Waals surface area contributed by atoms with Crippen LogP contribution in [0.4, 0.5) is 0 Å². The van der Waals surface area contributed by atoms with Gasteiger partial charge in [-0.05, 0) is 0 Å². The van der Waals surface area contributed by atoms with Crippen molar-refractivity contribution in [2.24, 2.45) is 0 Å². The Morgan fingerprint density at radius 1 is 1.44 bits per heavy atom. The minimum absolute atomic E-state index is 0. The van der Waals surface area contributed by atoms with Gasteiger partial charge >= 0.3 is 51.4 Å². The Labute approximate surface area is 101 Å². The molecular weight excluding hydrogens is 167 g/mol. The van der Waals surface area contributed by atoms with Crippen molar-refractivity contribution in [1.29, 1.82) is 0 Å². The molecule has 0 aliphatic heterocycles. The summed E-state index contributed by atoms with van der Waals surface area (Å²) in [5.74, 6) is 0. The second-order valence-corrected chi connectivity index (χ2v) is 1.65. The van der Waals surface area contributed by atoms with E-state index in [0.29, 0.717) is 0 Å². The zero-order valence-electron chi connectivity index (χ0n) is 6.09. The maximum absolute atomic E-state index is 8.56. The molecule has 52 valence electrons. The van der Waals surface area contributed by atoms with Crippen LogP contribution in [0.3, 0.4) is 0 Å². The number of rotatable bonds is 1.